The van der Waals surface area contributed by atoms with Gasteiger partial charge < -0.3 is 19.1 Å². The summed E-state index contributed by atoms with van der Waals surface area (Å²) in [7, 11) is 0. The first-order valence-electron chi connectivity index (χ1n) is 32.1. The molecule has 9 aromatic rings. The number of nitrogens with zero attached hydrogens (tertiary/aromatic N) is 4. The molecular weight excluding hydrogens is 1140 g/mol. The van der Waals surface area contributed by atoms with Crippen LogP contribution in [-0.2, 0) is 55.6 Å². The van der Waals surface area contributed by atoms with Crippen molar-refractivity contribution >= 4 is 44.6 Å². The van der Waals surface area contributed by atoms with Crippen LogP contribution in [0.1, 0.15) is 173 Å². The normalized spacial score (nSPS) is 14.5. The Bertz CT molecular complexity index is 4050. The summed E-state index contributed by atoms with van der Waals surface area (Å²) in [6, 6.07) is 35.8. The Balaban J connectivity index is 0.00000902. The minimum Gasteiger partial charge on any atom is -0.509 e. The maximum Gasteiger partial charge on any atom is 0.135 e. The summed E-state index contributed by atoms with van der Waals surface area (Å²) in [6.45, 7) is 31.1. The largest absolute Gasteiger partial charge is 0.509 e. The Hall–Kier alpha value is -6.42. The molecule has 0 atom stereocenters. The number of rotatable bonds is 14. The van der Waals surface area contributed by atoms with E-state index in [0.29, 0.717) is 50.8 Å². The number of aryl methyl sites for hydroxylation is 2. The third-order valence-electron chi connectivity index (χ3n) is 15.0. The summed E-state index contributed by atoms with van der Waals surface area (Å²) < 4.78 is 84.7. The van der Waals surface area contributed by atoms with E-state index in [1.165, 1.54) is 41.3 Å². The molecular formula is C73H81N4OPt-3. The van der Waals surface area contributed by atoms with E-state index >= 15 is 0 Å². The molecule has 79 heavy (non-hydrogen) atoms. The second kappa shape index (κ2) is 22.6. The van der Waals surface area contributed by atoms with E-state index in [4.69, 9.17) is 13.8 Å². The Morgan fingerprint density at radius 3 is 1.87 bits per heavy atom. The molecule has 0 unspecified atom stereocenters. The number of fused-ring (bicyclic) bond motifs is 4. The molecule has 5 nitrogen and oxygen atoms in total. The molecule has 0 saturated heterocycles. The van der Waals surface area contributed by atoms with Crippen molar-refractivity contribution in [2.24, 2.45) is 0 Å². The molecule has 7 aromatic carbocycles. The van der Waals surface area contributed by atoms with Gasteiger partial charge in [-0.1, -0.05) is 195 Å². The number of benzene rings is 7. The average molecular weight is 1230 g/mol. The Kier molecular flexibility index (Phi) is 13.6. The first-order chi connectivity index (χ1) is 40.5. The molecule has 3 heterocycles. The number of aromatic nitrogens is 2. The summed E-state index contributed by atoms with van der Waals surface area (Å²) in [5.74, 6) is 1.75. The maximum absolute atomic E-state index is 10.2. The van der Waals surface area contributed by atoms with Gasteiger partial charge in [0.2, 0.25) is 0 Å². The third-order valence-corrected chi connectivity index (χ3v) is 15.0. The van der Waals surface area contributed by atoms with Crippen LogP contribution in [0.3, 0.4) is 0 Å². The Morgan fingerprint density at radius 2 is 1.23 bits per heavy atom. The van der Waals surface area contributed by atoms with Gasteiger partial charge in [-0.25, -0.2) is 4.98 Å². The van der Waals surface area contributed by atoms with Crippen LogP contribution in [0, 0.1) is 18.8 Å². The van der Waals surface area contributed by atoms with Gasteiger partial charge in [0.05, 0.1) is 11.0 Å². The van der Waals surface area contributed by atoms with Crippen molar-refractivity contribution in [1.82, 2.24) is 9.55 Å². The predicted molar refractivity (Wildman–Crippen MR) is 332 cm³/mol. The third kappa shape index (κ3) is 11.8. The van der Waals surface area contributed by atoms with Crippen LogP contribution in [0.4, 0.5) is 22.7 Å². The molecule has 0 radical (unpaired) electrons. The van der Waals surface area contributed by atoms with E-state index < -0.39 is 34.4 Å². The molecule has 0 fully saturated rings. The minimum absolute atomic E-state index is 0. The smallest absolute Gasteiger partial charge is 0.135 e. The second-order valence-electron chi connectivity index (χ2n) is 25.2. The van der Waals surface area contributed by atoms with Crippen LogP contribution in [-0.4, -0.2) is 9.55 Å². The fraction of sp³-hybridized carbons (Fsp3) is 0.342. The minimum atomic E-state index is -0.688. The number of unbranched alkanes of at least 4 members (excludes halogenated alkanes) is 3. The quantitative estimate of drug-likeness (QED) is 0.0803. The predicted octanol–water partition coefficient (Wildman–Crippen LogP) is 20.6. The van der Waals surface area contributed by atoms with Crippen molar-refractivity contribution in [3.05, 3.63) is 198 Å². The van der Waals surface area contributed by atoms with Crippen molar-refractivity contribution in [1.29, 1.82) is 0 Å². The molecule has 0 amide bonds. The summed E-state index contributed by atoms with van der Waals surface area (Å²) in [6.07, 6.45) is 9.67. The standard InChI is InChI=1S/C73H81N4O.Pt/c1-15-17-18-20-29-50-34-37-65-68(59(50)26-16-2)60-36-35-58(47-66(60)77(65)67-45-52(38-39-74-67)70(3,4)5)78-57-31-25-30-56(46-57)75-48-76(64-33-24-23-32-63(64)75)69-61(49-27-21-19-22-28-49)43-55(73(12,13)14)44-62(69)51-40-53(71(6,7)8)42-54(41-51)72(9,10)11;/h19,21-25,27-28,30-45,48H,15-18,20,26,29H2,1-14H3;/q-3;/i19D,21D,22D,27D,28D,40D,41D,42D;. The van der Waals surface area contributed by atoms with Gasteiger partial charge in [0.15, 0.2) is 0 Å². The van der Waals surface area contributed by atoms with Crippen LogP contribution < -0.4 is 14.5 Å². The van der Waals surface area contributed by atoms with Crippen LogP contribution in [0.2, 0.25) is 0 Å². The zero-order valence-corrected chi connectivity index (χ0v) is 51.1. The fourth-order valence-electron chi connectivity index (χ4n) is 10.6. The molecule has 412 valence electrons. The van der Waals surface area contributed by atoms with E-state index in [9.17, 15) is 6.85 Å². The van der Waals surface area contributed by atoms with Gasteiger partial charge in [-0.15, -0.1) is 48.1 Å². The van der Waals surface area contributed by atoms with Crippen LogP contribution >= 0.6 is 0 Å². The van der Waals surface area contributed by atoms with Gasteiger partial charge in [0.1, 0.15) is 5.82 Å². The van der Waals surface area contributed by atoms with Crippen molar-refractivity contribution in [2.45, 2.75) is 164 Å². The molecule has 2 aromatic heterocycles. The number of ether oxygens (including phenoxy) is 1. The molecule has 0 saturated carbocycles. The van der Waals surface area contributed by atoms with E-state index in [2.05, 4.69) is 81.7 Å². The number of anilines is 4. The summed E-state index contributed by atoms with van der Waals surface area (Å²) in [5, 5.41) is 2.31. The van der Waals surface area contributed by atoms with E-state index in [1.807, 2.05) is 146 Å². The monoisotopic (exact) mass is 1230 g/mol. The fourth-order valence-corrected chi connectivity index (χ4v) is 10.6. The Labute approximate surface area is 499 Å². The topological polar surface area (TPSA) is 33.5 Å². The van der Waals surface area contributed by atoms with Crippen LogP contribution in [0.15, 0.2) is 146 Å². The van der Waals surface area contributed by atoms with Crippen molar-refractivity contribution in [3.8, 4) is 39.6 Å². The van der Waals surface area contributed by atoms with Gasteiger partial charge in [-0.05, 0) is 133 Å². The summed E-state index contributed by atoms with van der Waals surface area (Å²) in [5.41, 5.74) is 9.09. The van der Waals surface area contributed by atoms with Crippen molar-refractivity contribution < 1.29 is 36.8 Å². The van der Waals surface area contributed by atoms with Gasteiger partial charge >= 0.3 is 0 Å². The average Bonchev–Trinajstić information content (AvgIpc) is 1.75. The zero-order chi connectivity index (χ0) is 62.3. The van der Waals surface area contributed by atoms with E-state index in [0.717, 1.165) is 59.2 Å². The molecule has 0 aliphatic carbocycles. The molecule has 10 rings (SSSR count). The molecule has 1 aliphatic heterocycles. The SMILES string of the molecule is [2H]c1c([2H])c([2H])c(-c2cc(C(C)(C)C)cc(-c3c([2H])c(C(C)(C)C)c([2H])c(C(C)(C)C)c3[2H])c2N2[CH-]N(c3[c-]c(Oc4[c-]c5c(cc4)c4c(CCC)c(CCCCCC)ccc4n5-c4cc(C(C)(C)C)ccn4)ccc3)c3ccccc32)c([2H])c1[2H].[Pt]. The van der Waals surface area contributed by atoms with Gasteiger partial charge in [-0.2, -0.15) is 12.1 Å². The second-order valence-corrected chi connectivity index (χ2v) is 25.2. The Morgan fingerprint density at radius 1 is 0.582 bits per heavy atom. The number of para-hydroxylation sites is 2. The van der Waals surface area contributed by atoms with Gasteiger partial charge in [0, 0.05) is 72.5 Å². The van der Waals surface area contributed by atoms with Crippen molar-refractivity contribution in [3.63, 3.8) is 0 Å². The zero-order valence-electron chi connectivity index (χ0n) is 56.8. The maximum atomic E-state index is 10.2. The molecule has 0 spiro atoms. The van der Waals surface area contributed by atoms with E-state index in [-0.39, 0.29) is 67.8 Å². The van der Waals surface area contributed by atoms with Crippen LogP contribution in [0.5, 0.6) is 11.5 Å². The van der Waals surface area contributed by atoms with Crippen molar-refractivity contribution in [2.75, 3.05) is 9.80 Å². The molecule has 0 bridgehead atoms. The summed E-state index contributed by atoms with van der Waals surface area (Å²) >= 11 is 0. The van der Waals surface area contributed by atoms with Crippen LogP contribution in [0.25, 0.3) is 49.9 Å². The first kappa shape index (κ1) is 47.4. The van der Waals surface area contributed by atoms with Gasteiger partial charge in [-0.3, -0.25) is 0 Å². The van der Waals surface area contributed by atoms with Gasteiger partial charge in [0.25, 0.3) is 0 Å². The first-order valence-corrected chi connectivity index (χ1v) is 28.1. The van der Waals surface area contributed by atoms with E-state index in [1.54, 1.807) is 0 Å². The molecule has 0 N–H and O–H groups in total. The summed E-state index contributed by atoms with van der Waals surface area (Å²) in [4.78, 5) is 8.95. The number of pyridine rings is 1. The number of hydrogen-bond acceptors (Lipinski definition) is 4. The molecule has 6 heteroatoms. The number of hydrogen-bond donors (Lipinski definition) is 0. The molecule has 1 aliphatic rings.